The van der Waals surface area contributed by atoms with Gasteiger partial charge in [-0.1, -0.05) is 6.92 Å². The maximum Gasteiger partial charge on any atom is 0.147 e. The minimum atomic E-state index is 0.244. The van der Waals surface area contributed by atoms with Gasteiger partial charge in [0.25, 0.3) is 0 Å². The lowest BCUT2D eigenvalue weighted by Crippen LogP contribution is -2.49. The molecule has 2 atom stereocenters. The number of anilines is 1. The van der Waals surface area contributed by atoms with Crippen molar-refractivity contribution >= 4 is 5.82 Å². The molecule has 1 aliphatic heterocycles. The highest BCUT2D eigenvalue weighted by Gasteiger charge is 2.26. The normalized spacial score (nSPS) is 25.0. The topological polar surface area (TPSA) is 64.3 Å². The average molecular weight is 236 g/mol. The van der Waals surface area contributed by atoms with Gasteiger partial charge in [-0.3, -0.25) is 4.98 Å². The van der Waals surface area contributed by atoms with Crippen molar-refractivity contribution in [2.24, 2.45) is 5.73 Å². The second kappa shape index (κ2) is 5.42. The fourth-order valence-corrected chi connectivity index (χ4v) is 2.06. The summed E-state index contributed by atoms with van der Waals surface area (Å²) in [6, 6.07) is 0.393. The van der Waals surface area contributed by atoms with Crippen molar-refractivity contribution < 1.29 is 4.74 Å². The first-order chi connectivity index (χ1) is 8.24. The fourth-order valence-electron chi connectivity index (χ4n) is 2.06. The summed E-state index contributed by atoms with van der Waals surface area (Å²) in [6.45, 7) is 6.32. The summed E-state index contributed by atoms with van der Waals surface area (Å²) >= 11 is 0. The summed E-state index contributed by atoms with van der Waals surface area (Å²) in [4.78, 5) is 11.0. The number of rotatable bonds is 3. The Morgan fingerprint density at radius 2 is 2.29 bits per heavy atom. The molecule has 0 spiro atoms. The predicted molar refractivity (Wildman–Crippen MR) is 66.8 cm³/mol. The van der Waals surface area contributed by atoms with Gasteiger partial charge in [-0.05, 0) is 13.3 Å². The summed E-state index contributed by atoms with van der Waals surface area (Å²) in [7, 11) is 0. The number of hydrogen-bond donors (Lipinski definition) is 1. The molecule has 0 bridgehead atoms. The number of hydrogen-bond acceptors (Lipinski definition) is 5. The maximum atomic E-state index is 5.67. The second-order valence-electron chi connectivity index (χ2n) is 4.43. The highest BCUT2D eigenvalue weighted by Crippen LogP contribution is 2.20. The largest absolute Gasteiger partial charge is 0.375 e. The van der Waals surface area contributed by atoms with Gasteiger partial charge in [0, 0.05) is 13.1 Å². The standard InChI is InChI=1S/C12H20N4O/c1-3-11-8-17-9(2)7-16(11)12-6-14-10(4-13)5-15-12/h5-6,9,11H,3-4,7-8,13H2,1-2H3. The maximum absolute atomic E-state index is 5.67. The summed E-state index contributed by atoms with van der Waals surface area (Å²) in [5.41, 5.74) is 6.34. The number of morpholine rings is 1. The Labute approximate surface area is 102 Å². The lowest BCUT2D eigenvalue weighted by atomic mass is 10.1. The molecule has 0 radical (unpaired) electrons. The molecule has 1 aromatic heterocycles. The Morgan fingerprint density at radius 1 is 1.47 bits per heavy atom. The van der Waals surface area contributed by atoms with Crippen molar-refractivity contribution in [3.63, 3.8) is 0 Å². The molecule has 5 heteroatoms. The van der Waals surface area contributed by atoms with Crippen molar-refractivity contribution in [3.8, 4) is 0 Å². The molecule has 2 N–H and O–H groups in total. The molecule has 2 rings (SSSR count). The second-order valence-corrected chi connectivity index (χ2v) is 4.43. The molecule has 2 unspecified atom stereocenters. The van der Waals surface area contributed by atoms with Gasteiger partial charge in [-0.2, -0.15) is 0 Å². The van der Waals surface area contributed by atoms with Gasteiger partial charge in [0.15, 0.2) is 0 Å². The van der Waals surface area contributed by atoms with E-state index in [1.807, 2.05) is 6.20 Å². The van der Waals surface area contributed by atoms with Gasteiger partial charge in [0.2, 0.25) is 0 Å². The van der Waals surface area contributed by atoms with Gasteiger partial charge in [0.1, 0.15) is 5.82 Å². The Morgan fingerprint density at radius 3 is 2.88 bits per heavy atom. The molecule has 2 heterocycles. The van der Waals surface area contributed by atoms with E-state index in [4.69, 9.17) is 10.5 Å². The molecule has 1 fully saturated rings. The third-order valence-corrected chi connectivity index (χ3v) is 3.13. The van der Waals surface area contributed by atoms with E-state index in [2.05, 4.69) is 28.7 Å². The first kappa shape index (κ1) is 12.3. The van der Waals surface area contributed by atoms with Crippen LogP contribution >= 0.6 is 0 Å². The monoisotopic (exact) mass is 236 g/mol. The highest BCUT2D eigenvalue weighted by atomic mass is 16.5. The smallest absolute Gasteiger partial charge is 0.147 e. The van der Waals surface area contributed by atoms with Gasteiger partial charge in [0.05, 0.1) is 36.8 Å². The van der Waals surface area contributed by atoms with Gasteiger partial charge in [-0.15, -0.1) is 0 Å². The quantitative estimate of drug-likeness (QED) is 0.846. The molecule has 0 saturated carbocycles. The van der Waals surface area contributed by atoms with Gasteiger partial charge < -0.3 is 15.4 Å². The number of nitrogens with two attached hydrogens (primary N) is 1. The summed E-state index contributed by atoms with van der Waals surface area (Å²) in [6.07, 6.45) is 4.85. The predicted octanol–water partition coefficient (Wildman–Crippen LogP) is 0.939. The Bertz CT molecular complexity index is 354. The molecule has 0 aromatic carbocycles. The lowest BCUT2D eigenvalue weighted by molar-refractivity contribution is 0.0296. The van der Waals surface area contributed by atoms with Crippen LogP contribution in [0.3, 0.4) is 0 Å². The van der Waals surface area contributed by atoms with Crippen LogP contribution in [0.25, 0.3) is 0 Å². The van der Waals surface area contributed by atoms with E-state index in [0.717, 1.165) is 31.1 Å². The fraction of sp³-hybridized carbons (Fsp3) is 0.667. The van der Waals surface area contributed by atoms with Crippen LogP contribution in [-0.2, 0) is 11.3 Å². The van der Waals surface area contributed by atoms with E-state index >= 15 is 0 Å². The first-order valence-corrected chi connectivity index (χ1v) is 6.13. The molecule has 1 aliphatic rings. The van der Waals surface area contributed by atoms with Crippen LogP contribution in [0.5, 0.6) is 0 Å². The molecule has 1 aromatic rings. The number of aromatic nitrogens is 2. The minimum absolute atomic E-state index is 0.244. The highest BCUT2D eigenvalue weighted by molar-refractivity contribution is 5.38. The van der Waals surface area contributed by atoms with Gasteiger partial charge >= 0.3 is 0 Å². The zero-order chi connectivity index (χ0) is 12.3. The molecular formula is C12H20N4O. The number of nitrogens with zero attached hydrogens (tertiary/aromatic N) is 3. The lowest BCUT2D eigenvalue weighted by Gasteiger charge is -2.38. The Balaban J connectivity index is 2.16. The zero-order valence-electron chi connectivity index (χ0n) is 10.5. The van der Waals surface area contributed by atoms with Crippen molar-refractivity contribution in [2.45, 2.75) is 39.0 Å². The van der Waals surface area contributed by atoms with Crippen LogP contribution in [0.4, 0.5) is 5.82 Å². The SMILES string of the molecule is CCC1COC(C)CN1c1cnc(CN)cn1. The first-order valence-electron chi connectivity index (χ1n) is 6.13. The van der Waals surface area contributed by atoms with E-state index in [-0.39, 0.29) is 6.10 Å². The van der Waals surface area contributed by atoms with Crippen molar-refractivity contribution in [3.05, 3.63) is 18.1 Å². The number of ether oxygens (including phenoxy) is 1. The average Bonchev–Trinajstić information content (AvgIpc) is 2.39. The van der Waals surface area contributed by atoms with Crippen LogP contribution < -0.4 is 10.6 Å². The molecule has 5 nitrogen and oxygen atoms in total. The summed E-state index contributed by atoms with van der Waals surface area (Å²) < 4.78 is 5.67. The van der Waals surface area contributed by atoms with E-state index in [0.29, 0.717) is 12.6 Å². The Kier molecular flexibility index (Phi) is 3.91. The molecule has 0 aliphatic carbocycles. The van der Waals surface area contributed by atoms with E-state index in [9.17, 15) is 0 Å². The summed E-state index contributed by atoms with van der Waals surface area (Å²) in [5, 5.41) is 0. The van der Waals surface area contributed by atoms with E-state index in [1.165, 1.54) is 0 Å². The zero-order valence-corrected chi connectivity index (χ0v) is 10.5. The third kappa shape index (κ3) is 2.73. The molecular weight excluding hydrogens is 216 g/mol. The van der Waals surface area contributed by atoms with Crippen LogP contribution in [0.15, 0.2) is 12.4 Å². The van der Waals surface area contributed by atoms with Crippen molar-refractivity contribution in [2.75, 3.05) is 18.1 Å². The summed E-state index contributed by atoms with van der Waals surface area (Å²) in [5.74, 6) is 0.921. The van der Waals surface area contributed by atoms with Crippen LogP contribution in [0.1, 0.15) is 26.0 Å². The third-order valence-electron chi connectivity index (χ3n) is 3.13. The van der Waals surface area contributed by atoms with E-state index < -0.39 is 0 Å². The van der Waals surface area contributed by atoms with Crippen molar-refractivity contribution in [1.29, 1.82) is 0 Å². The van der Waals surface area contributed by atoms with Crippen molar-refractivity contribution in [1.82, 2.24) is 9.97 Å². The Hall–Kier alpha value is -1.20. The van der Waals surface area contributed by atoms with Crippen LogP contribution in [0.2, 0.25) is 0 Å². The molecule has 0 amide bonds. The van der Waals surface area contributed by atoms with E-state index in [1.54, 1.807) is 6.20 Å². The van der Waals surface area contributed by atoms with Gasteiger partial charge in [-0.25, -0.2) is 4.98 Å². The molecule has 94 valence electrons. The molecule has 17 heavy (non-hydrogen) atoms. The van der Waals surface area contributed by atoms with Crippen LogP contribution in [0, 0.1) is 0 Å². The van der Waals surface area contributed by atoms with Crippen LogP contribution in [-0.4, -0.2) is 35.3 Å². The minimum Gasteiger partial charge on any atom is -0.375 e. The molecule has 1 saturated heterocycles.